The maximum atomic E-state index is 11.9. The molecule has 0 heterocycles. The number of alkyl halides is 1. The Hall–Kier alpha value is -1.62. The summed E-state index contributed by atoms with van der Waals surface area (Å²) in [6.45, 7) is 5.20. The summed E-state index contributed by atoms with van der Waals surface area (Å²) < 4.78 is 0. The molecule has 0 saturated carbocycles. The van der Waals surface area contributed by atoms with Gasteiger partial charge in [0, 0.05) is 28.6 Å². The van der Waals surface area contributed by atoms with E-state index < -0.39 is 10.5 Å². The Bertz CT molecular complexity index is 486. The zero-order chi connectivity index (χ0) is 13.9. The maximum absolute atomic E-state index is 11.9. The number of carbonyl (C=O) groups excluding carboxylic acids is 1. The first-order chi connectivity index (χ1) is 8.26. The number of halogens is 1. The molecule has 1 amide bonds. The Morgan fingerprint density at radius 2 is 2.11 bits per heavy atom. The van der Waals surface area contributed by atoms with Gasteiger partial charge in [-0.05, 0) is 32.9 Å². The van der Waals surface area contributed by atoms with Crippen LogP contribution < -0.4 is 5.32 Å². The lowest BCUT2D eigenvalue weighted by atomic mass is 10.1. The summed E-state index contributed by atoms with van der Waals surface area (Å²) in [5.74, 6) is -0.0105. The van der Waals surface area contributed by atoms with Gasteiger partial charge in [-0.25, -0.2) is 0 Å². The highest BCUT2D eigenvalue weighted by atomic mass is 35.5. The Morgan fingerprint density at radius 1 is 1.50 bits per heavy atom. The van der Waals surface area contributed by atoms with E-state index in [0.29, 0.717) is 11.1 Å². The molecule has 1 rings (SSSR count). The summed E-state index contributed by atoms with van der Waals surface area (Å²) in [4.78, 5) is 22.1. The van der Waals surface area contributed by atoms with Crippen molar-refractivity contribution < 1.29 is 9.72 Å². The van der Waals surface area contributed by atoms with Gasteiger partial charge < -0.3 is 5.32 Å². The number of hydrogen-bond donors (Lipinski definition) is 1. The van der Waals surface area contributed by atoms with Gasteiger partial charge in [0.1, 0.15) is 0 Å². The van der Waals surface area contributed by atoms with Crippen LogP contribution >= 0.6 is 11.6 Å². The van der Waals surface area contributed by atoms with Gasteiger partial charge in [-0.2, -0.15) is 0 Å². The minimum Gasteiger partial charge on any atom is -0.346 e. The molecule has 0 aliphatic heterocycles. The molecular weight excluding hydrogens is 256 g/mol. The van der Waals surface area contributed by atoms with E-state index in [1.165, 1.54) is 18.2 Å². The predicted octanol–water partition coefficient (Wildman–Crippen LogP) is 2.65. The van der Waals surface area contributed by atoms with E-state index in [0.717, 1.165) is 0 Å². The van der Waals surface area contributed by atoms with E-state index in [2.05, 4.69) is 5.32 Å². The van der Waals surface area contributed by atoms with Crippen LogP contribution in [0.15, 0.2) is 18.2 Å². The number of nitrogens with one attached hydrogen (secondary N) is 1. The number of carbonyl (C=O) groups is 1. The molecule has 0 atom stereocenters. The van der Waals surface area contributed by atoms with Crippen molar-refractivity contribution in [3.05, 3.63) is 39.4 Å². The zero-order valence-electron chi connectivity index (χ0n) is 10.5. The summed E-state index contributed by atoms with van der Waals surface area (Å²) in [5.41, 5.74) is 0.324. The molecule has 1 aromatic carbocycles. The predicted molar refractivity (Wildman–Crippen MR) is 70.1 cm³/mol. The molecule has 1 aromatic rings. The number of nitro groups is 1. The second-order valence-corrected chi connectivity index (χ2v) is 5.00. The molecule has 0 unspecified atom stereocenters. The normalized spacial score (nSPS) is 11.1. The lowest BCUT2D eigenvalue weighted by Crippen LogP contribution is -2.44. The summed E-state index contributed by atoms with van der Waals surface area (Å²) >= 11 is 5.72. The van der Waals surface area contributed by atoms with Crippen LogP contribution in [-0.2, 0) is 0 Å². The van der Waals surface area contributed by atoms with Crippen molar-refractivity contribution >= 4 is 23.2 Å². The molecular formula is C12H15ClN2O3. The minimum atomic E-state index is -0.520. The summed E-state index contributed by atoms with van der Waals surface area (Å²) in [5, 5.41) is 13.4. The Balaban J connectivity index is 2.95. The molecule has 0 aromatic heterocycles. The first-order valence-electron chi connectivity index (χ1n) is 5.40. The second kappa shape index (κ2) is 5.35. The van der Waals surface area contributed by atoms with Gasteiger partial charge in [0.2, 0.25) is 0 Å². The fourth-order valence-corrected chi connectivity index (χ4v) is 1.48. The molecule has 0 spiro atoms. The lowest BCUT2D eigenvalue weighted by molar-refractivity contribution is -0.385. The fourth-order valence-electron chi connectivity index (χ4n) is 1.41. The molecule has 0 fully saturated rings. The second-order valence-electron chi connectivity index (χ2n) is 4.73. The highest BCUT2D eigenvalue weighted by Crippen LogP contribution is 2.19. The van der Waals surface area contributed by atoms with E-state index in [9.17, 15) is 14.9 Å². The maximum Gasteiger partial charge on any atom is 0.272 e. The summed E-state index contributed by atoms with van der Waals surface area (Å²) in [7, 11) is 0. The fraction of sp³-hybridized carbons (Fsp3) is 0.417. The molecule has 0 radical (unpaired) electrons. The number of hydrogen-bond acceptors (Lipinski definition) is 3. The smallest absolute Gasteiger partial charge is 0.272 e. The van der Waals surface area contributed by atoms with E-state index >= 15 is 0 Å². The average Bonchev–Trinajstić information content (AvgIpc) is 2.27. The van der Waals surface area contributed by atoms with Crippen molar-refractivity contribution in [3.8, 4) is 0 Å². The molecule has 5 nitrogen and oxygen atoms in total. The largest absolute Gasteiger partial charge is 0.346 e. The number of rotatable bonds is 4. The Kier molecular flexibility index (Phi) is 4.29. The monoisotopic (exact) mass is 270 g/mol. The first-order valence-corrected chi connectivity index (χ1v) is 5.94. The van der Waals surface area contributed by atoms with Crippen LogP contribution in [0.2, 0.25) is 0 Å². The average molecular weight is 271 g/mol. The third kappa shape index (κ3) is 3.43. The van der Waals surface area contributed by atoms with Crippen molar-refractivity contribution in [2.24, 2.45) is 0 Å². The van der Waals surface area contributed by atoms with Crippen molar-refractivity contribution in [2.75, 3.05) is 5.88 Å². The minimum absolute atomic E-state index is 0.00292. The van der Waals surface area contributed by atoms with Gasteiger partial charge >= 0.3 is 0 Å². The SMILES string of the molecule is Cc1cc(C(=O)NC(C)(C)CCl)ccc1[N+](=O)[O-]. The van der Waals surface area contributed by atoms with Crippen molar-refractivity contribution in [3.63, 3.8) is 0 Å². The van der Waals surface area contributed by atoms with Crippen LogP contribution in [0.25, 0.3) is 0 Å². The highest BCUT2D eigenvalue weighted by molar-refractivity contribution is 6.18. The van der Waals surface area contributed by atoms with E-state index in [1.54, 1.807) is 20.8 Å². The van der Waals surface area contributed by atoms with Gasteiger partial charge in [-0.15, -0.1) is 11.6 Å². The number of amides is 1. The molecule has 1 N–H and O–H groups in total. The number of nitro benzene ring substituents is 1. The van der Waals surface area contributed by atoms with Crippen LogP contribution in [0.4, 0.5) is 5.69 Å². The highest BCUT2D eigenvalue weighted by Gasteiger charge is 2.21. The van der Waals surface area contributed by atoms with E-state index in [1.807, 2.05) is 0 Å². The van der Waals surface area contributed by atoms with Crippen molar-refractivity contribution in [2.45, 2.75) is 26.3 Å². The van der Waals surface area contributed by atoms with Crippen LogP contribution in [-0.4, -0.2) is 22.2 Å². The van der Waals surface area contributed by atoms with Gasteiger partial charge in [0.15, 0.2) is 0 Å². The van der Waals surface area contributed by atoms with Gasteiger partial charge in [0.05, 0.1) is 4.92 Å². The summed E-state index contributed by atoms with van der Waals surface area (Å²) in [6, 6.07) is 4.26. The quantitative estimate of drug-likeness (QED) is 0.519. The molecule has 18 heavy (non-hydrogen) atoms. The van der Waals surface area contributed by atoms with Crippen molar-refractivity contribution in [1.82, 2.24) is 5.32 Å². The van der Waals surface area contributed by atoms with Crippen LogP contribution in [0, 0.1) is 17.0 Å². The standard InChI is InChI=1S/C12H15ClN2O3/c1-8-6-9(4-5-10(8)15(17)18)11(16)14-12(2,3)7-13/h4-6H,7H2,1-3H3,(H,14,16). The van der Waals surface area contributed by atoms with Gasteiger partial charge in [0.25, 0.3) is 11.6 Å². The molecule has 98 valence electrons. The molecule has 0 saturated heterocycles. The topological polar surface area (TPSA) is 72.2 Å². The molecule has 0 aliphatic rings. The summed E-state index contributed by atoms with van der Waals surface area (Å²) in [6.07, 6.45) is 0. The number of nitrogens with zero attached hydrogens (tertiary/aromatic N) is 1. The number of aryl methyl sites for hydroxylation is 1. The lowest BCUT2D eigenvalue weighted by Gasteiger charge is -2.23. The zero-order valence-corrected chi connectivity index (χ0v) is 11.2. The van der Waals surface area contributed by atoms with Gasteiger partial charge in [-0.3, -0.25) is 14.9 Å². The molecule has 6 heteroatoms. The molecule has 0 bridgehead atoms. The third-order valence-electron chi connectivity index (χ3n) is 2.44. The number of benzene rings is 1. The van der Waals surface area contributed by atoms with Crippen LogP contribution in [0.5, 0.6) is 0 Å². The van der Waals surface area contributed by atoms with Crippen molar-refractivity contribution in [1.29, 1.82) is 0 Å². The van der Waals surface area contributed by atoms with E-state index in [-0.39, 0.29) is 17.5 Å². The van der Waals surface area contributed by atoms with Crippen LogP contribution in [0.3, 0.4) is 0 Å². The van der Waals surface area contributed by atoms with Crippen LogP contribution in [0.1, 0.15) is 29.8 Å². The first kappa shape index (κ1) is 14.4. The Morgan fingerprint density at radius 3 is 2.56 bits per heavy atom. The molecule has 0 aliphatic carbocycles. The Labute approximate surface area is 110 Å². The van der Waals surface area contributed by atoms with Gasteiger partial charge in [-0.1, -0.05) is 0 Å². The van der Waals surface area contributed by atoms with E-state index in [4.69, 9.17) is 11.6 Å². The third-order valence-corrected chi connectivity index (χ3v) is 3.11.